The lowest BCUT2D eigenvalue weighted by Gasteiger charge is -2.24. The number of nitrogens with zero attached hydrogens (tertiary/aromatic N) is 1. The smallest absolute Gasteiger partial charge is 0.278 e. The summed E-state index contributed by atoms with van der Waals surface area (Å²) in [6.45, 7) is 5.39. The van der Waals surface area contributed by atoms with E-state index < -0.39 is 0 Å². The molecule has 1 aliphatic heterocycles. The topological polar surface area (TPSA) is 72.3 Å². The lowest BCUT2D eigenvalue weighted by molar-refractivity contribution is -0.885. The predicted molar refractivity (Wildman–Crippen MR) is 114 cm³/mol. The summed E-state index contributed by atoms with van der Waals surface area (Å²) in [7, 11) is 3.62. The van der Waals surface area contributed by atoms with Crippen LogP contribution >= 0.6 is 0 Å². The highest BCUT2D eigenvalue weighted by atomic mass is 16.6. The quantitative estimate of drug-likeness (QED) is 0.675. The van der Waals surface area contributed by atoms with Crippen molar-refractivity contribution in [1.82, 2.24) is 10.2 Å². The molecule has 0 spiro atoms. The van der Waals surface area contributed by atoms with Crippen molar-refractivity contribution in [2.45, 2.75) is 20.0 Å². The number of hydrogen-bond acceptors (Lipinski definition) is 4. The Labute approximate surface area is 177 Å². The van der Waals surface area contributed by atoms with E-state index in [1.165, 1.54) is 0 Å². The summed E-state index contributed by atoms with van der Waals surface area (Å²) in [6.07, 6.45) is 0. The number of amides is 2. The number of nitrogens with one attached hydrogen (secondary N) is 2. The van der Waals surface area contributed by atoms with Crippen LogP contribution in [0.1, 0.15) is 28.4 Å². The van der Waals surface area contributed by atoms with E-state index in [-0.39, 0.29) is 11.8 Å². The molecule has 160 valence electrons. The van der Waals surface area contributed by atoms with Crippen molar-refractivity contribution < 1.29 is 24.0 Å². The van der Waals surface area contributed by atoms with E-state index in [2.05, 4.69) is 5.32 Å². The van der Waals surface area contributed by atoms with Gasteiger partial charge in [-0.1, -0.05) is 18.2 Å². The standard InChI is InChI=1S/C23H29N3O4/c1-4-26(15-18-7-10-20-21(13-18)30-12-11-29-20)22(27)16-25(3)14-17-5-8-19(9-6-17)23(28)24-2/h5-10,13H,4,11-12,14-16H2,1-3H3,(H,24,28)/p+1. The lowest BCUT2D eigenvalue weighted by atomic mass is 10.1. The minimum Gasteiger partial charge on any atom is -0.486 e. The van der Waals surface area contributed by atoms with E-state index in [0.29, 0.717) is 45.0 Å². The van der Waals surface area contributed by atoms with Gasteiger partial charge in [0.2, 0.25) is 0 Å². The normalized spacial score (nSPS) is 13.4. The Morgan fingerprint density at radius 2 is 1.70 bits per heavy atom. The molecule has 0 saturated heterocycles. The maximum absolute atomic E-state index is 12.8. The van der Waals surface area contributed by atoms with Crippen LogP contribution in [0.25, 0.3) is 0 Å². The van der Waals surface area contributed by atoms with Gasteiger partial charge in [-0.15, -0.1) is 0 Å². The van der Waals surface area contributed by atoms with E-state index in [4.69, 9.17) is 9.47 Å². The molecule has 2 N–H and O–H groups in total. The van der Waals surface area contributed by atoms with Crippen LogP contribution in [0, 0.1) is 0 Å². The molecule has 0 saturated carbocycles. The van der Waals surface area contributed by atoms with Crippen LogP contribution in [-0.4, -0.2) is 57.1 Å². The Morgan fingerprint density at radius 1 is 1.03 bits per heavy atom. The number of benzene rings is 2. The first kappa shape index (κ1) is 21.6. The maximum Gasteiger partial charge on any atom is 0.278 e. The summed E-state index contributed by atoms with van der Waals surface area (Å²) in [5, 5.41) is 2.61. The molecule has 1 atom stereocenters. The largest absolute Gasteiger partial charge is 0.486 e. The Morgan fingerprint density at radius 3 is 2.37 bits per heavy atom. The summed E-state index contributed by atoms with van der Waals surface area (Å²) < 4.78 is 11.2. The first-order valence-electron chi connectivity index (χ1n) is 10.3. The molecule has 7 heteroatoms. The second-order valence-corrected chi connectivity index (χ2v) is 7.47. The fraction of sp³-hybridized carbons (Fsp3) is 0.391. The highest BCUT2D eigenvalue weighted by Gasteiger charge is 2.19. The monoisotopic (exact) mass is 412 g/mol. The van der Waals surface area contributed by atoms with Gasteiger partial charge < -0.3 is 24.6 Å². The van der Waals surface area contributed by atoms with E-state index >= 15 is 0 Å². The van der Waals surface area contributed by atoms with Crippen LogP contribution in [0.5, 0.6) is 11.5 Å². The number of carbonyl (C=O) groups is 2. The van der Waals surface area contributed by atoms with Gasteiger partial charge in [-0.25, -0.2) is 0 Å². The Bertz CT molecular complexity index is 883. The summed E-state index contributed by atoms with van der Waals surface area (Å²) in [5.41, 5.74) is 2.74. The van der Waals surface area contributed by atoms with Gasteiger partial charge in [-0.3, -0.25) is 9.59 Å². The highest BCUT2D eigenvalue weighted by molar-refractivity contribution is 5.93. The molecule has 2 amide bonds. The Hall–Kier alpha value is -3.06. The molecule has 3 rings (SSSR count). The lowest BCUT2D eigenvalue weighted by Crippen LogP contribution is -3.08. The first-order chi connectivity index (χ1) is 14.5. The van der Waals surface area contributed by atoms with E-state index in [1.807, 2.05) is 61.3 Å². The van der Waals surface area contributed by atoms with Crippen molar-refractivity contribution >= 4 is 11.8 Å². The number of likely N-dealkylation sites (N-methyl/N-ethyl adjacent to an activating group) is 2. The molecule has 0 aromatic heterocycles. The summed E-state index contributed by atoms with van der Waals surface area (Å²) in [6, 6.07) is 13.3. The van der Waals surface area contributed by atoms with Crippen LogP contribution in [0.3, 0.4) is 0 Å². The zero-order valence-electron chi connectivity index (χ0n) is 17.9. The van der Waals surface area contributed by atoms with Crippen molar-refractivity contribution in [2.75, 3.05) is 40.4 Å². The molecular weight excluding hydrogens is 382 g/mol. The number of rotatable bonds is 8. The van der Waals surface area contributed by atoms with Gasteiger partial charge in [0.1, 0.15) is 19.8 Å². The van der Waals surface area contributed by atoms with Gasteiger partial charge in [-0.2, -0.15) is 0 Å². The number of carbonyl (C=O) groups excluding carboxylic acids is 2. The molecule has 30 heavy (non-hydrogen) atoms. The Kier molecular flexibility index (Phi) is 7.30. The predicted octanol–water partition coefficient (Wildman–Crippen LogP) is 0.881. The third-order valence-electron chi connectivity index (χ3n) is 5.12. The number of hydrogen-bond donors (Lipinski definition) is 2. The molecule has 1 aliphatic rings. The average molecular weight is 413 g/mol. The van der Waals surface area contributed by atoms with Gasteiger partial charge >= 0.3 is 0 Å². The maximum atomic E-state index is 12.8. The molecule has 1 unspecified atom stereocenters. The average Bonchev–Trinajstić information content (AvgIpc) is 2.77. The van der Waals surface area contributed by atoms with E-state index in [1.54, 1.807) is 7.05 Å². The van der Waals surface area contributed by atoms with Gasteiger partial charge in [0.25, 0.3) is 11.8 Å². The van der Waals surface area contributed by atoms with Crippen molar-refractivity contribution in [2.24, 2.45) is 0 Å². The SMILES string of the molecule is CCN(Cc1ccc2c(c1)OCCO2)C(=O)C[NH+](C)Cc1ccc(C(=O)NC)cc1. The molecule has 0 aliphatic carbocycles. The minimum atomic E-state index is -0.102. The van der Waals surface area contributed by atoms with E-state index in [9.17, 15) is 9.59 Å². The van der Waals surface area contributed by atoms with Crippen molar-refractivity contribution in [1.29, 1.82) is 0 Å². The molecule has 0 radical (unpaired) electrons. The third-order valence-corrected chi connectivity index (χ3v) is 5.12. The van der Waals surface area contributed by atoms with Crippen molar-refractivity contribution in [3.8, 4) is 11.5 Å². The zero-order valence-corrected chi connectivity index (χ0v) is 17.9. The van der Waals surface area contributed by atoms with Crippen molar-refractivity contribution in [3.63, 3.8) is 0 Å². The van der Waals surface area contributed by atoms with Crippen LogP contribution < -0.4 is 19.7 Å². The summed E-state index contributed by atoms with van der Waals surface area (Å²) in [4.78, 5) is 27.4. The van der Waals surface area contributed by atoms with Gasteiger partial charge in [0.05, 0.1) is 7.05 Å². The number of fused-ring (bicyclic) bond motifs is 1. The fourth-order valence-corrected chi connectivity index (χ4v) is 3.48. The third kappa shape index (κ3) is 5.51. The molecule has 0 fully saturated rings. The summed E-state index contributed by atoms with van der Waals surface area (Å²) in [5.74, 6) is 1.50. The van der Waals surface area contributed by atoms with Gasteiger partial charge in [-0.05, 0) is 36.8 Å². The first-order valence-corrected chi connectivity index (χ1v) is 10.3. The van der Waals surface area contributed by atoms with Crippen molar-refractivity contribution in [3.05, 3.63) is 59.2 Å². The molecule has 7 nitrogen and oxygen atoms in total. The molecule has 1 heterocycles. The second kappa shape index (κ2) is 10.1. The van der Waals surface area contributed by atoms with E-state index in [0.717, 1.165) is 27.5 Å². The number of ether oxygens (including phenoxy) is 2. The number of quaternary nitrogens is 1. The molecule has 0 bridgehead atoms. The van der Waals surface area contributed by atoms with Crippen LogP contribution in [0.2, 0.25) is 0 Å². The fourth-order valence-electron chi connectivity index (χ4n) is 3.48. The molecule has 2 aromatic carbocycles. The van der Waals surface area contributed by atoms with Crippen LogP contribution in [0.4, 0.5) is 0 Å². The minimum absolute atomic E-state index is 0.102. The van der Waals surface area contributed by atoms with Crippen LogP contribution in [-0.2, 0) is 17.9 Å². The highest BCUT2D eigenvalue weighted by Crippen LogP contribution is 2.31. The molecular formula is C23H30N3O4+. The van der Waals surface area contributed by atoms with Crippen LogP contribution in [0.15, 0.2) is 42.5 Å². The molecule has 2 aromatic rings. The summed E-state index contributed by atoms with van der Waals surface area (Å²) >= 11 is 0. The zero-order chi connectivity index (χ0) is 21.5. The van der Waals surface area contributed by atoms with Gasteiger partial charge in [0.15, 0.2) is 18.0 Å². The Balaban J connectivity index is 1.56. The second-order valence-electron chi connectivity index (χ2n) is 7.47. The van der Waals surface area contributed by atoms with Gasteiger partial charge in [0, 0.05) is 31.3 Å².